The topological polar surface area (TPSA) is 66.6 Å². The van der Waals surface area contributed by atoms with Crippen LogP contribution in [0.4, 0.5) is 5.69 Å². The molecule has 0 aliphatic carbocycles. The number of hydrogen-bond acceptors (Lipinski definition) is 3. The van der Waals surface area contributed by atoms with E-state index in [9.17, 15) is 4.79 Å². The summed E-state index contributed by atoms with van der Waals surface area (Å²) in [5, 5.41) is 9.16. The lowest BCUT2D eigenvalue weighted by Gasteiger charge is -2.31. The van der Waals surface area contributed by atoms with Crippen LogP contribution < -0.4 is 5.73 Å². The van der Waals surface area contributed by atoms with Crippen LogP contribution in [-0.2, 0) is 4.79 Å². The van der Waals surface area contributed by atoms with Crippen molar-refractivity contribution in [1.82, 2.24) is 4.90 Å². The maximum absolute atomic E-state index is 12.0. The molecule has 0 saturated carbocycles. The predicted molar refractivity (Wildman–Crippen MR) is 76.3 cm³/mol. The average molecular weight is 260 g/mol. The molecular formula is C15H20N2O2. The van der Waals surface area contributed by atoms with Crippen molar-refractivity contribution in [3.63, 3.8) is 0 Å². The van der Waals surface area contributed by atoms with Gasteiger partial charge in [-0.25, -0.2) is 0 Å². The van der Waals surface area contributed by atoms with Gasteiger partial charge in [-0.15, -0.1) is 0 Å². The molecule has 1 aliphatic rings. The Labute approximate surface area is 113 Å². The van der Waals surface area contributed by atoms with Crippen molar-refractivity contribution in [2.45, 2.75) is 12.8 Å². The van der Waals surface area contributed by atoms with Gasteiger partial charge < -0.3 is 15.7 Å². The van der Waals surface area contributed by atoms with E-state index in [0.29, 0.717) is 12.2 Å². The van der Waals surface area contributed by atoms with E-state index in [1.54, 1.807) is 17.1 Å². The van der Waals surface area contributed by atoms with Crippen LogP contribution in [0, 0.1) is 5.92 Å². The molecule has 1 aromatic rings. The first-order chi connectivity index (χ1) is 9.19. The molecular weight excluding hydrogens is 240 g/mol. The summed E-state index contributed by atoms with van der Waals surface area (Å²) in [6.07, 6.45) is 5.32. The molecule has 0 spiro atoms. The lowest BCUT2D eigenvalue weighted by molar-refractivity contribution is -0.127. The molecule has 1 atom stereocenters. The number of carbonyl (C=O) groups is 1. The van der Waals surface area contributed by atoms with Gasteiger partial charge in [-0.2, -0.15) is 0 Å². The number of likely N-dealkylation sites (tertiary alicyclic amines) is 1. The third-order valence-corrected chi connectivity index (χ3v) is 3.42. The molecule has 19 heavy (non-hydrogen) atoms. The second-order valence-corrected chi connectivity index (χ2v) is 4.98. The zero-order chi connectivity index (χ0) is 13.7. The maximum Gasteiger partial charge on any atom is 0.246 e. The van der Waals surface area contributed by atoms with Crippen LogP contribution in [0.2, 0.25) is 0 Å². The highest BCUT2D eigenvalue weighted by Crippen LogP contribution is 2.16. The van der Waals surface area contributed by atoms with Crippen molar-refractivity contribution >= 4 is 17.7 Å². The zero-order valence-electron chi connectivity index (χ0n) is 11.0. The van der Waals surface area contributed by atoms with Gasteiger partial charge >= 0.3 is 0 Å². The first-order valence-electron chi connectivity index (χ1n) is 6.62. The third-order valence-electron chi connectivity index (χ3n) is 3.42. The summed E-state index contributed by atoms with van der Waals surface area (Å²) >= 11 is 0. The van der Waals surface area contributed by atoms with E-state index in [1.807, 2.05) is 24.3 Å². The van der Waals surface area contributed by atoms with Crippen LogP contribution >= 0.6 is 0 Å². The van der Waals surface area contributed by atoms with Crippen LogP contribution in [0.25, 0.3) is 6.08 Å². The molecule has 1 unspecified atom stereocenters. The monoisotopic (exact) mass is 260 g/mol. The van der Waals surface area contributed by atoms with E-state index in [-0.39, 0.29) is 18.4 Å². The minimum Gasteiger partial charge on any atom is -0.399 e. The van der Waals surface area contributed by atoms with Crippen LogP contribution in [-0.4, -0.2) is 35.6 Å². The van der Waals surface area contributed by atoms with Gasteiger partial charge in [0.2, 0.25) is 5.91 Å². The highest BCUT2D eigenvalue weighted by molar-refractivity contribution is 5.92. The first kappa shape index (κ1) is 13.6. The molecule has 1 amide bonds. The quantitative estimate of drug-likeness (QED) is 0.639. The molecule has 1 aliphatic heterocycles. The normalized spacial score (nSPS) is 19.8. The summed E-state index contributed by atoms with van der Waals surface area (Å²) < 4.78 is 0. The zero-order valence-corrected chi connectivity index (χ0v) is 11.0. The SMILES string of the molecule is Nc1cccc(/C=C/C(=O)N2CCCC(CO)C2)c1. The van der Waals surface area contributed by atoms with E-state index in [2.05, 4.69) is 0 Å². The van der Waals surface area contributed by atoms with E-state index in [1.165, 1.54) is 0 Å². The largest absolute Gasteiger partial charge is 0.399 e. The number of nitrogens with two attached hydrogens (primary N) is 1. The number of nitrogens with zero attached hydrogens (tertiary/aromatic N) is 1. The number of amides is 1. The molecule has 1 saturated heterocycles. The fourth-order valence-corrected chi connectivity index (χ4v) is 2.35. The van der Waals surface area contributed by atoms with Crippen molar-refractivity contribution in [2.75, 3.05) is 25.4 Å². The number of aliphatic hydroxyl groups excluding tert-OH is 1. The van der Waals surface area contributed by atoms with Crippen LogP contribution in [0.15, 0.2) is 30.3 Å². The fraction of sp³-hybridized carbons (Fsp3) is 0.400. The van der Waals surface area contributed by atoms with Gasteiger partial charge in [-0.05, 0) is 42.5 Å². The Kier molecular flexibility index (Phi) is 4.58. The molecule has 0 radical (unpaired) electrons. The second kappa shape index (κ2) is 6.38. The van der Waals surface area contributed by atoms with Gasteiger partial charge in [-0.3, -0.25) is 4.79 Å². The number of piperidine rings is 1. The Balaban J connectivity index is 1.96. The molecule has 4 nitrogen and oxygen atoms in total. The summed E-state index contributed by atoms with van der Waals surface area (Å²) in [6, 6.07) is 7.42. The standard InChI is InChI=1S/C15H20N2O2/c16-14-5-1-3-12(9-14)6-7-15(19)17-8-2-4-13(10-17)11-18/h1,3,5-7,9,13,18H,2,4,8,10-11,16H2/b7-6+. The van der Waals surface area contributed by atoms with E-state index < -0.39 is 0 Å². The van der Waals surface area contributed by atoms with Gasteiger partial charge in [0, 0.05) is 31.5 Å². The second-order valence-electron chi connectivity index (χ2n) is 4.98. The number of benzene rings is 1. The number of nitrogen functional groups attached to an aromatic ring is 1. The van der Waals surface area contributed by atoms with E-state index >= 15 is 0 Å². The molecule has 2 rings (SSSR count). The van der Waals surface area contributed by atoms with Crippen molar-refractivity contribution in [3.05, 3.63) is 35.9 Å². The lowest BCUT2D eigenvalue weighted by atomic mass is 9.99. The van der Waals surface area contributed by atoms with Gasteiger partial charge in [0.1, 0.15) is 0 Å². The number of hydrogen-bond donors (Lipinski definition) is 2. The molecule has 1 fully saturated rings. The molecule has 0 bridgehead atoms. The Morgan fingerprint density at radius 2 is 2.37 bits per heavy atom. The summed E-state index contributed by atoms with van der Waals surface area (Å²) in [5.41, 5.74) is 7.30. The van der Waals surface area contributed by atoms with Crippen LogP contribution in [0.3, 0.4) is 0 Å². The van der Waals surface area contributed by atoms with Crippen molar-refractivity contribution < 1.29 is 9.90 Å². The van der Waals surface area contributed by atoms with E-state index in [0.717, 1.165) is 24.9 Å². The summed E-state index contributed by atoms with van der Waals surface area (Å²) in [6.45, 7) is 1.58. The Morgan fingerprint density at radius 1 is 1.53 bits per heavy atom. The molecule has 1 heterocycles. The highest BCUT2D eigenvalue weighted by atomic mass is 16.3. The minimum atomic E-state index is 0.000532. The predicted octanol–water partition coefficient (Wildman–Crippen LogP) is 1.51. The highest BCUT2D eigenvalue weighted by Gasteiger charge is 2.21. The van der Waals surface area contributed by atoms with Crippen LogP contribution in [0.1, 0.15) is 18.4 Å². The van der Waals surface area contributed by atoms with Crippen molar-refractivity contribution in [2.24, 2.45) is 5.92 Å². The summed E-state index contributed by atoms with van der Waals surface area (Å²) in [4.78, 5) is 13.8. The number of carbonyl (C=O) groups excluding carboxylic acids is 1. The smallest absolute Gasteiger partial charge is 0.246 e. The molecule has 0 aromatic heterocycles. The maximum atomic E-state index is 12.0. The Bertz CT molecular complexity index is 471. The molecule has 102 valence electrons. The number of rotatable bonds is 3. The van der Waals surface area contributed by atoms with Gasteiger partial charge in [-0.1, -0.05) is 12.1 Å². The van der Waals surface area contributed by atoms with Crippen molar-refractivity contribution in [3.8, 4) is 0 Å². The average Bonchev–Trinajstić information content (AvgIpc) is 2.45. The lowest BCUT2D eigenvalue weighted by Crippen LogP contribution is -2.40. The van der Waals surface area contributed by atoms with Crippen LogP contribution in [0.5, 0.6) is 0 Å². The number of anilines is 1. The fourth-order valence-electron chi connectivity index (χ4n) is 2.35. The Morgan fingerprint density at radius 3 is 3.11 bits per heavy atom. The summed E-state index contributed by atoms with van der Waals surface area (Å²) in [7, 11) is 0. The van der Waals surface area contributed by atoms with Crippen molar-refractivity contribution in [1.29, 1.82) is 0 Å². The van der Waals surface area contributed by atoms with E-state index in [4.69, 9.17) is 10.8 Å². The third kappa shape index (κ3) is 3.83. The first-order valence-corrected chi connectivity index (χ1v) is 6.62. The Hall–Kier alpha value is -1.81. The summed E-state index contributed by atoms with van der Waals surface area (Å²) in [5.74, 6) is 0.221. The van der Waals surface area contributed by atoms with Gasteiger partial charge in [0.05, 0.1) is 0 Å². The molecule has 3 N–H and O–H groups in total. The minimum absolute atomic E-state index is 0.000532. The van der Waals surface area contributed by atoms with Gasteiger partial charge in [0.25, 0.3) is 0 Å². The van der Waals surface area contributed by atoms with Gasteiger partial charge in [0.15, 0.2) is 0 Å². The molecule has 4 heteroatoms. The molecule has 1 aromatic carbocycles. The number of aliphatic hydroxyl groups is 1.